The highest BCUT2D eigenvalue weighted by molar-refractivity contribution is 9.10. The van der Waals surface area contributed by atoms with Crippen molar-refractivity contribution in [3.8, 4) is 11.5 Å². The predicted molar refractivity (Wildman–Crippen MR) is 102 cm³/mol. The second kappa shape index (κ2) is 7.29. The van der Waals surface area contributed by atoms with Gasteiger partial charge in [-0.25, -0.2) is 0 Å². The Bertz CT molecular complexity index is 888. The first-order chi connectivity index (χ1) is 12.7. The third-order valence-corrected chi connectivity index (χ3v) is 4.88. The maximum absolute atomic E-state index is 12.6. The van der Waals surface area contributed by atoms with E-state index in [1.807, 2.05) is 53.4 Å². The summed E-state index contributed by atoms with van der Waals surface area (Å²) >= 11 is 3.41. The molecule has 0 aliphatic carbocycles. The van der Waals surface area contributed by atoms with E-state index < -0.39 is 0 Å². The molecule has 132 valence electrons. The number of benzene rings is 1. The molecule has 3 heterocycles. The number of hydrogen-bond acceptors (Lipinski definition) is 5. The number of hydrogen-bond donors (Lipinski definition) is 0. The average molecular weight is 413 g/mol. The molecule has 1 saturated heterocycles. The fraction of sp³-hybridized carbons (Fsp3) is 0.211. The summed E-state index contributed by atoms with van der Waals surface area (Å²) in [6, 6.07) is 15.0. The lowest BCUT2D eigenvalue weighted by Gasteiger charge is -2.35. The van der Waals surface area contributed by atoms with Crippen molar-refractivity contribution in [2.24, 2.45) is 0 Å². The van der Waals surface area contributed by atoms with Crippen LogP contribution in [0.1, 0.15) is 10.4 Å². The normalized spacial score (nSPS) is 14.5. The lowest BCUT2D eigenvalue weighted by atomic mass is 10.2. The summed E-state index contributed by atoms with van der Waals surface area (Å²) in [7, 11) is 0. The first-order valence-corrected chi connectivity index (χ1v) is 9.17. The molecule has 1 aromatic carbocycles. The number of carbonyl (C=O) groups excluding carboxylic acids is 1. The Balaban J connectivity index is 1.39. The van der Waals surface area contributed by atoms with Gasteiger partial charge < -0.3 is 14.2 Å². The van der Waals surface area contributed by atoms with Gasteiger partial charge in [-0.05, 0) is 42.5 Å². The average Bonchev–Trinajstić information content (AvgIpc) is 3.23. The van der Waals surface area contributed by atoms with Gasteiger partial charge in [0.2, 0.25) is 0 Å². The Labute approximate surface area is 159 Å². The van der Waals surface area contributed by atoms with Crippen molar-refractivity contribution in [3.63, 3.8) is 0 Å². The van der Waals surface area contributed by atoms with Gasteiger partial charge in [0.15, 0.2) is 11.6 Å². The topological polar surface area (TPSA) is 62.5 Å². The van der Waals surface area contributed by atoms with Gasteiger partial charge in [-0.2, -0.15) is 0 Å². The van der Waals surface area contributed by atoms with Gasteiger partial charge in [0.25, 0.3) is 5.91 Å². The van der Waals surface area contributed by atoms with Crippen LogP contribution in [0.25, 0.3) is 11.5 Å². The van der Waals surface area contributed by atoms with Crippen molar-refractivity contribution >= 4 is 27.7 Å². The van der Waals surface area contributed by atoms with E-state index in [1.165, 1.54) is 0 Å². The number of piperazine rings is 1. The SMILES string of the molecule is O=C(c1cccc(Br)c1)N1CCN(c2ccc(-c3ccco3)nn2)CC1. The Kier molecular flexibility index (Phi) is 4.71. The molecule has 1 aliphatic heterocycles. The lowest BCUT2D eigenvalue weighted by Crippen LogP contribution is -2.49. The number of amides is 1. The molecule has 26 heavy (non-hydrogen) atoms. The fourth-order valence-corrected chi connectivity index (χ4v) is 3.39. The van der Waals surface area contributed by atoms with Crippen LogP contribution < -0.4 is 4.90 Å². The van der Waals surface area contributed by atoms with Gasteiger partial charge in [-0.1, -0.05) is 22.0 Å². The third-order valence-electron chi connectivity index (χ3n) is 4.39. The van der Waals surface area contributed by atoms with Crippen molar-refractivity contribution in [3.05, 3.63) is 64.8 Å². The molecule has 4 rings (SSSR count). The van der Waals surface area contributed by atoms with Crippen LogP contribution in [0.4, 0.5) is 5.82 Å². The summed E-state index contributed by atoms with van der Waals surface area (Å²) in [5, 5.41) is 8.54. The molecule has 0 saturated carbocycles. The van der Waals surface area contributed by atoms with E-state index in [9.17, 15) is 4.79 Å². The number of aromatic nitrogens is 2. The van der Waals surface area contributed by atoms with E-state index in [1.54, 1.807) is 6.26 Å². The fourth-order valence-electron chi connectivity index (χ4n) is 2.99. The molecule has 0 atom stereocenters. The van der Waals surface area contributed by atoms with Crippen LogP contribution in [0.5, 0.6) is 0 Å². The second-order valence-corrected chi connectivity index (χ2v) is 6.96. The van der Waals surface area contributed by atoms with Crippen molar-refractivity contribution in [1.29, 1.82) is 0 Å². The van der Waals surface area contributed by atoms with E-state index in [0.717, 1.165) is 23.4 Å². The van der Waals surface area contributed by atoms with Crippen LogP contribution in [-0.4, -0.2) is 47.2 Å². The summed E-state index contributed by atoms with van der Waals surface area (Å²) in [5.41, 5.74) is 1.41. The van der Waals surface area contributed by atoms with Crippen LogP contribution in [-0.2, 0) is 0 Å². The van der Waals surface area contributed by atoms with E-state index in [-0.39, 0.29) is 5.91 Å². The van der Waals surface area contributed by atoms with Crippen molar-refractivity contribution < 1.29 is 9.21 Å². The van der Waals surface area contributed by atoms with Gasteiger partial charge in [-0.3, -0.25) is 4.79 Å². The van der Waals surface area contributed by atoms with Crippen molar-refractivity contribution in [2.75, 3.05) is 31.1 Å². The van der Waals surface area contributed by atoms with Crippen molar-refractivity contribution in [1.82, 2.24) is 15.1 Å². The molecule has 2 aromatic heterocycles. The molecular weight excluding hydrogens is 396 g/mol. The molecule has 1 fully saturated rings. The Morgan fingerprint density at radius 2 is 1.85 bits per heavy atom. The van der Waals surface area contributed by atoms with Crippen LogP contribution in [0.3, 0.4) is 0 Å². The molecular formula is C19H17BrN4O2. The largest absolute Gasteiger partial charge is 0.463 e. The molecule has 7 heteroatoms. The van der Waals surface area contributed by atoms with Crippen LogP contribution >= 0.6 is 15.9 Å². The quantitative estimate of drug-likeness (QED) is 0.658. The molecule has 0 spiro atoms. The maximum Gasteiger partial charge on any atom is 0.254 e. The molecule has 1 amide bonds. The smallest absolute Gasteiger partial charge is 0.254 e. The van der Waals surface area contributed by atoms with Gasteiger partial charge in [0.05, 0.1) is 6.26 Å². The van der Waals surface area contributed by atoms with E-state index in [4.69, 9.17) is 4.42 Å². The van der Waals surface area contributed by atoms with Crippen LogP contribution in [0, 0.1) is 0 Å². The first kappa shape index (κ1) is 16.8. The zero-order valence-electron chi connectivity index (χ0n) is 14.0. The minimum Gasteiger partial charge on any atom is -0.463 e. The molecule has 1 aliphatic rings. The van der Waals surface area contributed by atoms with Crippen molar-refractivity contribution in [2.45, 2.75) is 0 Å². The summed E-state index contributed by atoms with van der Waals surface area (Å²) in [5.74, 6) is 1.58. The Morgan fingerprint density at radius 3 is 2.50 bits per heavy atom. The Hall–Kier alpha value is -2.67. The van der Waals surface area contributed by atoms with E-state index in [0.29, 0.717) is 30.1 Å². The molecule has 0 radical (unpaired) electrons. The molecule has 3 aromatic rings. The highest BCUT2D eigenvalue weighted by atomic mass is 79.9. The number of anilines is 1. The molecule has 0 N–H and O–H groups in total. The van der Waals surface area contributed by atoms with E-state index in [2.05, 4.69) is 31.0 Å². The first-order valence-electron chi connectivity index (χ1n) is 8.38. The number of nitrogens with zero attached hydrogens (tertiary/aromatic N) is 4. The standard InChI is InChI=1S/C19H17BrN4O2/c20-15-4-1-3-14(13-15)19(25)24-10-8-23(9-11-24)18-7-6-16(21-22-18)17-5-2-12-26-17/h1-7,12-13H,8-11H2. The predicted octanol–water partition coefficient (Wildman–Crippen LogP) is 3.46. The maximum atomic E-state index is 12.6. The summed E-state index contributed by atoms with van der Waals surface area (Å²) in [6.07, 6.45) is 1.62. The van der Waals surface area contributed by atoms with Gasteiger partial charge in [-0.15, -0.1) is 10.2 Å². The molecule has 6 nitrogen and oxygen atoms in total. The highest BCUT2D eigenvalue weighted by Gasteiger charge is 2.23. The monoisotopic (exact) mass is 412 g/mol. The third kappa shape index (κ3) is 3.48. The zero-order chi connectivity index (χ0) is 17.9. The number of carbonyl (C=O) groups is 1. The zero-order valence-corrected chi connectivity index (χ0v) is 15.6. The summed E-state index contributed by atoms with van der Waals surface area (Å²) < 4.78 is 6.24. The van der Waals surface area contributed by atoms with E-state index >= 15 is 0 Å². The number of furan rings is 1. The van der Waals surface area contributed by atoms with Gasteiger partial charge in [0.1, 0.15) is 5.69 Å². The summed E-state index contributed by atoms with van der Waals surface area (Å²) in [4.78, 5) is 16.6. The Morgan fingerprint density at radius 1 is 1.00 bits per heavy atom. The highest BCUT2D eigenvalue weighted by Crippen LogP contribution is 2.20. The lowest BCUT2D eigenvalue weighted by molar-refractivity contribution is 0.0746. The second-order valence-electron chi connectivity index (χ2n) is 6.04. The molecule has 0 unspecified atom stereocenters. The van der Waals surface area contributed by atoms with Crippen LogP contribution in [0.15, 0.2) is 63.7 Å². The minimum absolute atomic E-state index is 0.0604. The summed E-state index contributed by atoms with van der Waals surface area (Å²) in [6.45, 7) is 2.78. The number of halogens is 1. The van der Waals surface area contributed by atoms with Gasteiger partial charge in [0, 0.05) is 36.2 Å². The molecule has 0 bridgehead atoms. The van der Waals surface area contributed by atoms with Crippen LogP contribution in [0.2, 0.25) is 0 Å². The van der Waals surface area contributed by atoms with Gasteiger partial charge >= 0.3 is 0 Å². The number of rotatable bonds is 3. The minimum atomic E-state index is 0.0604.